The first-order valence-corrected chi connectivity index (χ1v) is 9.22. The molecule has 1 aromatic carbocycles. The number of thiocarbonyl (C=S) groups is 1. The van der Waals surface area contributed by atoms with Crippen molar-refractivity contribution in [3.63, 3.8) is 0 Å². The van der Waals surface area contributed by atoms with E-state index in [1.165, 1.54) is 32.1 Å². The Kier molecular flexibility index (Phi) is 4.10. The van der Waals surface area contributed by atoms with E-state index in [0.29, 0.717) is 17.6 Å². The molecule has 122 valence electrons. The van der Waals surface area contributed by atoms with Gasteiger partial charge in [0, 0.05) is 6.04 Å². The van der Waals surface area contributed by atoms with Crippen molar-refractivity contribution in [1.29, 1.82) is 0 Å². The highest BCUT2D eigenvalue weighted by Crippen LogP contribution is 2.53. The molecule has 1 aromatic rings. The topological polar surface area (TPSA) is 41.1 Å². The average molecular weight is 328 g/mol. The third-order valence-corrected chi connectivity index (χ3v) is 6.20. The Balaban J connectivity index is 1.31. The smallest absolute Gasteiger partial charge is 0.230 e. The van der Waals surface area contributed by atoms with Gasteiger partial charge in [0.1, 0.15) is 0 Å². The number of rotatable bonds is 3. The van der Waals surface area contributed by atoms with Gasteiger partial charge in [-0.1, -0.05) is 30.3 Å². The minimum absolute atomic E-state index is 0.0301. The van der Waals surface area contributed by atoms with Gasteiger partial charge in [-0.25, -0.2) is 0 Å². The number of amides is 1. The van der Waals surface area contributed by atoms with Gasteiger partial charge < -0.3 is 10.6 Å². The Bertz CT molecular complexity index is 573. The second kappa shape index (κ2) is 6.23. The van der Waals surface area contributed by atoms with E-state index >= 15 is 0 Å². The maximum Gasteiger partial charge on any atom is 0.230 e. The highest BCUT2D eigenvalue weighted by atomic mass is 32.1. The minimum Gasteiger partial charge on any atom is -0.359 e. The molecule has 4 saturated carbocycles. The van der Waals surface area contributed by atoms with Gasteiger partial charge in [0.2, 0.25) is 5.91 Å². The number of hydrogen-bond donors (Lipinski definition) is 2. The van der Waals surface area contributed by atoms with Crippen LogP contribution in [0.3, 0.4) is 0 Å². The van der Waals surface area contributed by atoms with Gasteiger partial charge in [0.05, 0.1) is 6.42 Å². The van der Waals surface area contributed by atoms with E-state index in [9.17, 15) is 4.79 Å². The molecule has 23 heavy (non-hydrogen) atoms. The van der Waals surface area contributed by atoms with Gasteiger partial charge in [0.25, 0.3) is 0 Å². The van der Waals surface area contributed by atoms with Gasteiger partial charge in [-0.05, 0) is 73.6 Å². The molecule has 0 heterocycles. The molecule has 4 fully saturated rings. The van der Waals surface area contributed by atoms with E-state index in [-0.39, 0.29) is 5.91 Å². The zero-order valence-electron chi connectivity index (χ0n) is 13.3. The van der Waals surface area contributed by atoms with Crippen molar-refractivity contribution < 1.29 is 4.79 Å². The number of hydrogen-bond acceptors (Lipinski definition) is 2. The summed E-state index contributed by atoms with van der Waals surface area (Å²) in [6.45, 7) is 0. The van der Waals surface area contributed by atoms with Crippen LogP contribution in [-0.4, -0.2) is 17.1 Å². The maximum absolute atomic E-state index is 12.1. The van der Waals surface area contributed by atoms with Crippen molar-refractivity contribution >= 4 is 23.2 Å². The van der Waals surface area contributed by atoms with Crippen LogP contribution in [0.25, 0.3) is 0 Å². The monoisotopic (exact) mass is 328 g/mol. The van der Waals surface area contributed by atoms with E-state index < -0.39 is 0 Å². The zero-order chi connectivity index (χ0) is 15.8. The highest BCUT2D eigenvalue weighted by molar-refractivity contribution is 7.80. The average Bonchev–Trinajstić information content (AvgIpc) is 2.51. The van der Waals surface area contributed by atoms with Gasteiger partial charge in [-0.15, -0.1) is 0 Å². The molecular formula is C19H24N2OS. The lowest BCUT2D eigenvalue weighted by molar-refractivity contribution is -0.119. The van der Waals surface area contributed by atoms with Gasteiger partial charge in [0.15, 0.2) is 5.11 Å². The lowest BCUT2D eigenvalue weighted by atomic mass is 9.54. The molecule has 4 heteroatoms. The fraction of sp³-hybridized carbons (Fsp3) is 0.579. The normalized spacial score (nSPS) is 34.2. The summed E-state index contributed by atoms with van der Waals surface area (Å²) in [7, 11) is 0. The molecule has 0 saturated heterocycles. The van der Waals surface area contributed by atoms with Crippen LogP contribution in [0, 0.1) is 23.7 Å². The molecule has 4 aliphatic carbocycles. The predicted molar refractivity (Wildman–Crippen MR) is 94.9 cm³/mol. The molecule has 0 aromatic heterocycles. The standard InChI is InChI=1S/C19H24N2OS/c22-17(11-12-4-2-1-3-5-12)20-19(23)21-18-15-7-13-6-14(9-15)10-16(18)8-13/h1-5,13-16,18H,6-11H2,(H2,20,21,22,23). The van der Waals surface area contributed by atoms with E-state index in [0.717, 1.165) is 29.2 Å². The first-order chi connectivity index (χ1) is 11.2. The molecule has 5 rings (SSSR count). The van der Waals surface area contributed by atoms with E-state index in [1.807, 2.05) is 30.3 Å². The summed E-state index contributed by atoms with van der Waals surface area (Å²) in [5.41, 5.74) is 1.02. The summed E-state index contributed by atoms with van der Waals surface area (Å²) in [6, 6.07) is 10.3. The molecule has 1 amide bonds. The summed E-state index contributed by atoms with van der Waals surface area (Å²) in [5, 5.41) is 6.86. The minimum atomic E-state index is -0.0301. The largest absolute Gasteiger partial charge is 0.359 e. The second-order valence-electron chi connectivity index (χ2n) is 7.64. The summed E-state index contributed by atoms with van der Waals surface area (Å²) in [6.07, 6.45) is 7.25. The summed E-state index contributed by atoms with van der Waals surface area (Å²) >= 11 is 5.40. The molecule has 0 spiro atoms. The first kappa shape index (κ1) is 15.1. The maximum atomic E-state index is 12.1. The first-order valence-electron chi connectivity index (χ1n) is 8.81. The summed E-state index contributed by atoms with van der Waals surface area (Å²) in [4.78, 5) is 12.1. The Labute approximate surface area is 143 Å². The molecule has 4 aliphatic rings. The Morgan fingerprint density at radius 3 is 2.22 bits per heavy atom. The third-order valence-electron chi connectivity index (χ3n) is 5.98. The van der Waals surface area contributed by atoms with Crippen molar-refractivity contribution in [2.45, 2.75) is 44.6 Å². The predicted octanol–water partition coefficient (Wildman–Crippen LogP) is 3.04. The molecule has 2 N–H and O–H groups in total. The van der Waals surface area contributed by atoms with Crippen LogP contribution in [0.1, 0.15) is 37.7 Å². The molecule has 3 nitrogen and oxygen atoms in total. The summed E-state index contributed by atoms with van der Waals surface area (Å²) in [5.74, 6) is 3.40. The molecular weight excluding hydrogens is 304 g/mol. The zero-order valence-corrected chi connectivity index (χ0v) is 14.1. The number of nitrogens with one attached hydrogen (secondary N) is 2. The van der Waals surface area contributed by atoms with Crippen molar-refractivity contribution in [3.8, 4) is 0 Å². The Morgan fingerprint density at radius 2 is 1.61 bits per heavy atom. The molecule has 0 unspecified atom stereocenters. The Morgan fingerprint density at radius 1 is 1.00 bits per heavy atom. The van der Waals surface area contributed by atoms with Crippen molar-refractivity contribution in [2.24, 2.45) is 23.7 Å². The van der Waals surface area contributed by atoms with Gasteiger partial charge >= 0.3 is 0 Å². The van der Waals surface area contributed by atoms with E-state index in [1.54, 1.807) is 0 Å². The third kappa shape index (κ3) is 3.27. The molecule has 0 radical (unpaired) electrons. The van der Waals surface area contributed by atoms with Crippen LogP contribution < -0.4 is 10.6 Å². The van der Waals surface area contributed by atoms with Crippen LogP contribution in [0.4, 0.5) is 0 Å². The fourth-order valence-electron chi connectivity index (χ4n) is 5.30. The second-order valence-corrected chi connectivity index (χ2v) is 8.05. The van der Waals surface area contributed by atoms with Crippen LogP contribution in [0.15, 0.2) is 30.3 Å². The fourth-order valence-corrected chi connectivity index (χ4v) is 5.55. The molecule has 0 aliphatic heterocycles. The van der Waals surface area contributed by atoms with Gasteiger partial charge in [-0.2, -0.15) is 0 Å². The van der Waals surface area contributed by atoms with E-state index in [4.69, 9.17) is 12.2 Å². The summed E-state index contributed by atoms with van der Waals surface area (Å²) < 4.78 is 0. The highest BCUT2D eigenvalue weighted by Gasteiger charge is 2.48. The number of carbonyl (C=O) groups is 1. The molecule has 0 atom stereocenters. The van der Waals surface area contributed by atoms with Crippen LogP contribution in [0.2, 0.25) is 0 Å². The lowest BCUT2D eigenvalue weighted by Crippen LogP contribution is -2.57. The number of benzene rings is 1. The van der Waals surface area contributed by atoms with Crippen LogP contribution in [-0.2, 0) is 11.2 Å². The van der Waals surface area contributed by atoms with Crippen molar-refractivity contribution in [3.05, 3.63) is 35.9 Å². The molecule has 4 bridgehead atoms. The SMILES string of the molecule is O=C(Cc1ccccc1)NC(=S)NC1C2CC3CC(C2)CC1C3. The quantitative estimate of drug-likeness (QED) is 0.838. The van der Waals surface area contributed by atoms with E-state index in [2.05, 4.69) is 10.6 Å². The van der Waals surface area contributed by atoms with Crippen LogP contribution in [0.5, 0.6) is 0 Å². The number of carbonyl (C=O) groups excluding carboxylic acids is 1. The lowest BCUT2D eigenvalue weighted by Gasteiger charge is -2.54. The van der Waals surface area contributed by atoms with Crippen LogP contribution >= 0.6 is 12.2 Å². The van der Waals surface area contributed by atoms with Crippen molar-refractivity contribution in [2.75, 3.05) is 0 Å². The Hall–Kier alpha value is -1.42. The van der Waals surface area contributed by atoms with Crippen molar-refractivity contribution in [1.82, 2.24) is 10.6 Å². The van der Waals surface area contributed by atoms with Gasteiger partial charge in [-0.3, -0.25) is 4.79 Å².